The van der Waals surface area contributed by atoms with E-state index in [1.807, 2.05) is 6.92 Å². The van der Waals surface area contributed by atoms with Crippen molar-refractivity contribution in [3.8, 4) is 0 Å². The third kappa shape index (κ3) is 5.68. The number of fused-ring (bicyclic) bond motifs is 1. The molecular weight excluding hydrogens is 498 g/mol. The third-order valence-electron chi connectivity index (χ3n) is 6.40. The highest BCUT2D eigenvalue weighted by Crippen LogP contribution is 2.37. The molecule has 0 atom stereocenters. The van der Waals surface area contributed by atoms with E-state index in [0.717, 1.165) is 10.2 Å². The van der Waals surface area contributed by atoms with Gasteiger partial charge in [0.15, 0.2) is 5.65 Å². The number of nitrogens with zero attached hydrogens (tertiary/aromatic N) is 3. The Hall–Kier alpha value is -3.67. The van der Waals surface area contributed by atoms with E-state index in [4.69, 9.17) is 4.74 Å². The zero-order valence-corrected chi connectivity index (χ0v) is 22.0. The summed E-state index contributed by atoms with van der Waals surface area (Å²) in [7, 11) is -3.94. The molecule has 0 radical (unpaired) electrons. The number of carbonyl (C=O) groups is 1. The number of benzene rings is 1. The van der Waals surface area contributed by atoms with E-state index in [2.05, 4.69) is 15.6 Å². The van der Waals surface area contributed by atoms with Crippen LogP contribution in [0.4, 0.5) is 16.2 Å². The second kappa shape index (κ2) is 9.66. The highest BCUT2D eigenvalue weighted by atomic mass is 32.2. The molecule has 0 aliphatic heterocycles. The van der Waals surface area contributed by atoms with Gasteiger partial charge in [0.1, 0.15) is 17.5 Å². The Balaban J connectivity index is 1.58. The van der Waals surface area contributed by atoms with Gasteiger partial charge in [-0.05, 0) is 71.6 Å². The van der Waals surface area contributed by atoms with Crippen LogP contribution in [0.5, 0.6) is 0 Å². The Labute approximate surface area is 215 Å². The van der Waals surface area contributed by atoms with Crippen LogP contribution in [-0.2, 0) is 14.8 Å². The predicted molar refractivity (Wildman–Crippen MR) is 139 cm³/mol. The molecule has 1 saturated carbocycles. The fourth-order valence-corrected chi connectivity index (χ4v) is 5.84. The van der Waals surface area contributed by atoms with E-state index in [0.29, 0.717) is 31.1 Å². The first-order valence-corrected chi connectivity index (χ1v) is 13.5. The average molecular weight is 530 g/mol. The zero-order chi connectivity index (χ0) is 27.0. The van der Waals surface area contributed by atoms with Crippen LogP contribution in [0.3, 0.4) is 0 Å². The summed E-state index contributed by atoms with van der Waals surface area (Å²) in [6.07, 6.45) is 4.50. The molecule has 0 saturated heterocycles. The van der Waals surface area contributed by atoms with Gasteiger partial charge in [-0.1, -0.05) is 18.2 Å². The van der Waals surface area contributed by atoms with E-state index < -0.39 is 32.2 Å². The van der Waals surface area contributed by atoms with E-state index in [1.165, 1.54) is 24.4 Å². The molecular formula is C25H31N5O6S. The molecule has 37 heavy (non-hydrogen) atoms. The Kier molecular flexibility index (Phi) is 6.89. The van der Waals surface area contributed by atoms with Crippen molar-refractivity contribution in [2.75, 3.05) is 5.32 Å². The number of hydrogen-bond donors (Lipinski definition) is 2. The number of pyridine rings is 1. The second-order valence-electron chi connectivity index (χ2n) is 10.5. The molecule has 2 N–H and O–H groups in total. The molecule has 0 bridgehead atoms. The van der Waals surface area contributed by atoms with Gasteiger partial charge in [-0.2, -0.15) is 0 Å². The fourth-order valence-electron chi connectivity index (χ4n) is 4.52. The number of amides is 1. The molecule has 12 heteroatoms. The third-order valence-corrected chi connectivity index (χ3v) is 8.08. The van der Waals surface area contributed by atoms with Gasteiger partial charge in [-0.25, -0.2) is 22.2 Å². The molecule has 2 aromatic heterocycles. The van der Waals surface area contributed by atoms with Crippen LogP contribution < -0.4 is 10.6 Å². The monoisotopic (exact) mass is 529 g/mol. The number of rotatable bonds is 6. The summed E-state index contributed by atoms with van der Waals surface area (Å²) in [6, 6.07) is 9.33. The minimum Gasteiger partial charge on any atom is -0.444 e. The van der Waals surface area contributed by atoms with Crippen LogP contribution in [0.1, 0.15) is 53.4 Å². The van der Waals surface area contributed by atoms with Gasteiger partial charge in [0.05, 0.1) is 15.2 Å². The molecule has 2 heterocycles. The number of carbonyl (C=O) groups excluding carboxylic acids is 1. The van der Waals surface area contributed by atoms with Gasteiger partial charge >= 0.3 is 11.8 Å². The number of aromatic nitrogens is 2. The summed E-state index contributed by atoms with van der Waals surface area (Å²) >= 11 is 0. The summed E-state index contributed by atoms with van der Waals surface area (Å²) < 4.78 is 32.8. The summed E-state index contributed by atoms with van der Waals surface area (Å²) in [4.78, 5) is 27.8. The Bertz CT molecular complexity index is 1420. The van der Waals surface area contributed by atoms with Crippen molar-refractivity contribution in [2.24, 2.45) is 0 Å². The smallest absolute Gasteiger partial charge is 0.408 e. The van der Waals surface area contributed by atoms with Crippen molar-refractivity contribution in [1.29, 1.82) is 0 Å². The van der Waals surface area contributed by atoms with Gasteiger partial charge in [0.25, 0.3) is 10.0 Å². The molecule has 1 aliphatic carbocycles. The first-order valence-electron chi connectivity index (χ1n) is 12.0. The standard InChI is InChI=1S/C25H31N5O6S/c1-24(2,3)36-23(31)28-25(4)13-10-17(11-14-25)27-21-19-12-15-29(22(19)26-16-20(21)30(32)33)37(34,35)18-8-6-5-7-9-18/h5-9,12,15-17H,10-11,13-14H2,1-4H3,(H,26,27)(H,28,31). The lowest BCUT2D eigenvalue weighted by atomic mass is 9.80. The Morgan fingerprint density at radius 3 is 2.43 bits per heavy atom. The van der Waals surface area contributed by atoms with Crippen LogP contribution >= 0.6 is 0 Å². The lowest BCUT2D eigenvalue weighted by Crippen LogP contribution is -2.51. The van der Waals surface area contributed by atoms with Crippen molar-refractivity contribution in [1.82, 2.24) is 14.3 Å². The topological polar surface area (TPSA) is 145 Å². The van der Waals surface area contributed by atoms with Gasteiger partial charge in [0, 0.05) is 17.8 Å². The summed E-state index contributed by atoms with van der Waals surface area (Å²) in [5, 5.41) is 18.4. The molecule has 198 valence electrons. The number of anilines is 1. The first kappa shape index (κ1) is 26.4. The summed E-state index contributed by atoms with van der Waals surface area (Å²) in [6.45, 7) is 7.36. The SMILES string of the molecule is CC1(NC(=O)OC(C)(C)C)CCC(Nc2c([N+](=O)[O-])cnc3c2ccn3S(=O)(=O)c2ccccc2)CC1. The Morgan fingerprint density at radius 2 is 1.84 bits per heavy atom. The Morgan fingerprint density at radius 1 is 1.19 bits per heavy atom. The van der Waals surface area contributed by atoms with Crippen molar-refractivity contribution in [3.63, 3.8) is 0 Å². The number of nitro groups is 1. The highest BCUT2D eigenvalue weighted by molar-refractivity contribution is 7.90. The van der Waals surface area contributed by atoms with Crippen molar-refractivity contribution in [2.45, 2.75) is 75.5 Å². The number of hydrogen-bond acceptors (Lipinski definition) is 8. The maximum absolute atomic E-state index is 13.2. The van der Waals surface area contributed by atoms with Gasteiger partial charge in [-0.3, -0.25) is 10.1 Å². The van der Waals surface area contributed by atoms with E-state index in [9.17, 15) is 23.3 Å². The number of ether oxygens (including phenoxy) is 1. The molecule has 1 amide bonds. The molecule has 11 nitrogen and oxygen atoms in total. The molecule has 1 fully saturated rings. The van der Waals surface area contributed by atoms with E-state index in [-0.39, 0.29) is 28.0 Å². The minimum absolute atomic E-state index is 0.0891. The number of alkyl carbamates (subject to hydrolysis) is 1. The number of nitrogens with one attached hydrogen (secondary N) is 2. The predicted octanol–water partition coefficient (Wildman–Crippen LogP) is 4.82. The fraction of sp³-hybridized carbons (Fsp3) is 0.440. The molecule has 1 aliphatic rings. The molecule has 0 unspecified atom stereocenters. The maximum Gasteiger partial charge on any atom is 0.408 e. The van der Waals surface area contributed by atoms with Gasteiger partial charge in [-0.15, -0.1) is 0 Å². The van der Waals surface area contributed by atoms with Crippen LogP contribution in [-0.4, -0.2) is 45.6 Å². The maximum atomic E-state index is 13.2. The summed E-state index contributed by atoms with van der Waals surface area (Å²) in [5.74, 6) is 0. The van der Waals surface area contributed by atoms with Crippen LogP contribution in [0.25, 0.3) is 11.0 Å². The molecule has 0 spiro atoms. The largest absolute Gasteiger partial charge is 0.444 e. The van der Waals surface area contributed by atoms with Crippen molar-refractivity contribution < 1.29 is 22.9 Å². The molecule has 3 aromatic rings. The van der Waals surface area contributed by atoms with Crippen molar-refractivity contribution >= 4 is 38.5 Å². The lowest BCUT2D eigenvalue weighted by Gasteiger charge is -2.38. The first-order chi connectivity index (χ1) is 17.3. The highest BCUT2D eigenvalue weighted by Gasteiger charge is 2.35. The lowest BCUT2D eigenvalue weighted by molar-refractivity contribution is -0.384. The van der Waals surface area contributed by atoms with Gasteiger partial charge in [0.2, 0.25) is 0 Å². The van der Waals surface area contributed by atoms with E-state index >= 15 is 0 Å². The van der Waals surface area contributed by atoms with Crippen molar-refractivity contribution in [3.05, 3.63) is 58.9 Å². The zero-order valence-electron chi connectivity index (χ0n) is 21.2. The molecule has 4 rings (SSSR count). The van der Waals surface area contributed by atoms with E-state index in [1.54, 1.807) is 39.0 Å². The van der Waals surface area contributed by atoms with Gasteiger partial charge < -0.3 is 15.4 Å². The quantitative estimate of drug-likeness (QED) is 0.341. The van der Waals surface area contributed by atoms with Crippen LogP contribution in [0.2, 0.25) is 0 Å². The van der Waals surface area contributed by atoms with Crippen LogP contribution in [0.15, 0.2) is 53.7 Å². The summed E-state index contributed by atoms with van der Waals surface area (Å²) in [5.41, 5.74) is -0.972. The molecule has 1 aromatic carbocycles. The normalized spacial score (nSPS) is 20.4. The average Bonchev–Trinajstić information content (AvgIpc) is 3.25. The minimum atomic E-state index is -3.94. The second-order valence-corrected chi connectivity index (χ2v) is 12.4. The van der Waals surface area contributed by atoms with Crippen LogP contribution in [0, 0.1) is 10.1 Å².